The number of aromatic amines is 1. The van der Waals surface area contributed by atoms with Crippen molar-refractivity contribution < 1.29 is 9.90 Å². The maximum absolute atomic E-state index is 11.5. The number of hydrogen-bond donors (Lipinski definition) is 3. The minimum Gasteiger partial charge on any atom is -0.478 e. The summed E-state index contributed by atoms with van der Waals surface area (Å²) in [6, 6.07) is 9.51. The van der Waals surface area contributed by atoms with Gasteiger partial charge in [0.15, 0.2) is 0 Å². The number of carboxylic acids is 1. The molecule has 0 saturated carbocycles. The van der Waals surface area contributed by atoms with Gasteiger partial charge in [0.25, 0.3) is 0 Å². The number of nitrogens with one attached hydrogen (secondary N) is 2. The maximum Gasteiger partial charge on any atom is 0.340 e. The van der Waals surface area contributed by atoms with Crippen LogP contribution in [0.1, 0.15) is 10.4 Å². The smallest absolute Gasteiger partial charge is 0.340 e. The van der Waals surface area contributed by atoms with Gasteiger partial charge in [-0.3, -0.25) is 0 Å². The van der Waals surface area contributed by atoms with Crippen molar-refractivity contribution in [3.8, 4) is 11.1 Å². The molecule has 0 fully saturated rings. The Labute approximate surface area is 115 Å². The zero-order valence-electron chi connectivity index (χ0n) is 10.8. The highest BCUT2D eigenvalue weighted by atomic mass is 16.4. The Hall–Kier alpha value is -2.82. The number of carboxylic acid groups (broad SMARTS) is 1. The van der Waals surface area contributed by atoms with Crippen molar-refractivity contribution in [2.45, 2.75) is 0 Å². The number of carbonyl (C=O) groups is 1. The van der Waals surface area contributed by atoms with E-state index in [2.05, 4.69) is 15.3 Å². The van der Waals surface area contributed by atoms with Gasteiger partial charge in [0.1, 0.15) is 11.4 Å². The first kappa shape index (κ1) is 12.2. The number of aromatic nitrogens is 2. The van der Waals surface area contributed by atoms with Gasteiger partial charge in [0.05, 0.1) is 0 Å². The van der Waals surface area contributed by atoms with Crippen LogP contribution in [0.5, 0.6) is 0 Å². The highest BCUT2D eigenvalue weighted by Crippen LogP contribution is 2.33. The number of anilines is 1. The molecule has 0 aliphatic rings. The van der Waals surface area contributed by atoms with Crippen molar-refractivity contribution in [1.29, 1.82) is 0 Å². The van der Waals surface area contributed by atoms with Crippen molar-refractivity contribution in [2.75, 3.05) is 12.4 Å². The molecule has 0 amide bonds. The van der Waals surface area contributed by atoms with Gasteiger partial charge in [0, 0.05) is 41.5 Å². The van der Waals surface area contributed by atoms with E-state index in [4.69, 9.17) is 0 Å². The lowest BCUT2D eigenvalue weighted by Crippen LogP contribution is -2.06. The molecule has 20 heavy (non-hydrogen) atoms. The molecule has 0 aliphatic carbocycles. The molecule has 0 radical (unpaired) electrons. The molecule has 100 valence electrons. The predicted octanol–water partition coefficient (Wildman–Crippen LogP) is 2.97. The van der Waals surface area contributed by atoms with E-state index in [1.165, 1.54) is 0 Å². The van der Waals surface area contributed by atoms with Crippen LogP contribution in [0.2, 0.25) is 0 Å². The first-order valence-electron chi connectivity index (χ1n) is 6.19. The van der Waals surface area contributed by atoms with Gasteiger partial charge in [0.2, 0.25) is 0 Å². The second kappa shape index (κ2) is 4.70. The third-order valence-corrected chi connectivity index (χ3v) is 3.28. The molecule has 0 unspecified atom stereocenters. The number of para-hydroxylation sites is 1. The highest BCUT2D eigenvalue weighted by molar-refractivity contribution is 6.05. The van der Waals surface area contributed by atoms with E-state index in [1.54, 1.807) is 19.3 Å². The SMILES string of the molecule is CNc1nccc(-c2c[nH]c3ccccc23)c1C(=O)O. The third kappa shape index (κ3) is 1.80. The number of nitrogens with zero attached hydrogens (tertiary/aromatic N) is 1. The van der Waals surface area contributed by atoms with Crippen LogP contribution in [0.15, 0.2) is 42.7 Å². The second-order valence-corrected chi connectivity index (χ2v) is 4.39. The number of hydrogen-bond acceptors (Lipinski definition) is 3. The fourth-order valence-electron chi connectivity index (χ4n) is 2.39. The van der Waals surface area contributed by atoms with Crippen molar-refractivity contribution in [2.24, 2.45) is 0 Å². The lowest BCUT2D eigenvalue weighted by atomic mass is 10.0. The number of rotatable bonds is 3. The van der Waals surface area contributed by atoms with Gasteiger partial charge in [-0.05, 0) is 12.1 Å². The van der Waals surface area contributed by atoms with Gasteiger partial charge < -0.3 is 15.4 Å². The molecule has 0 spiro atoms. The Balaban J connectivity index is 2.32. The number of H-pyrrole nitrogens is 1. The quantitative estimate of drug-likeness (QED) is 0.681. The Morgan fingerprint density at radius 3 is 2.80 bits per heavy atom. The number of pyridine rings is 1. The summed E-state index contributed by atoms with van der Waals surface area (Å²) >= 11 is 0. The van der Waals surface area contributed by atoms with E-state index in [0.717, 1.165) is 16.5 Å². The van der Waals surface area contributed by atoms with E-state index < -0.39 is 5.97 Å². The van der Waals surface area contributed by atoms with Crippen LogP contribution in [-0.2, 0) is 0 Å². The van der Waals surface area contributed by atoms with Crippen LogP contribution in [0.4, 0.5) is 5.82 Å². The van der Waals surface area contributed by atoms with Gasteiger partial charge in [-0.15, -0.1) is 0 Å². The Bertz CT molecular complexity index is 793. The fourth-order valence-corrected chi connectivity index (χ4v) is 2.39. The molecule has 2 aromatic heterocycles. The van der Waals surface area contributed by atoms with E-state index in [0.29, 0.717) is 11.4 Å². The summed E-state index contributed by atoms with van der Waals surface area (Å²) in [5.41, 5.74) is 2.66. The molecule has 0 saturated heterocycles. The molecule has 5 nitrogen and oxygen atoms in total. The van der Waals surface area contributed by atoms with Gasteiger partial charge in [-0.1, -0.05) is 18.2 Å². The Morgan fingerprint density at radius 1 is 1.25 bits per heavy atom. The van der Waals surface area contributed by atoms with Crippen molar-refractivity contribution in [3.63, 3.8) is 0 Å². The number of aromatic carboxylic acids is 1. The molecule has 0 bridgehead atoms. The summed E-state index contributed by atoms with van der Waals surface area (Å²) < 4.78 is 0. The Kier molecular flexibility index (Phi) is 2.87. The molecular formula is C15H13N3O2. The number of benzene rings is 1. The van der Waals surface area contributed by atoms with Gasteiger partial charge >= 0.3 is 5.97 Å². The van der Waals surface area contributed by atoms with Crippen LogP contribution in [-0.4, -0.2) is 28.1 Å². The van der Waals surface area contributed by atoms with Crippen LogP contribution >= 0.6 is 0 Å². The average Bonchev–Trinajstić information content (AvgIpc) is 2.90. The molecule has 0 aliphatic heterocycles. The third-order valence-electron chi connectivity index (χ3n) is 3.28. The van der Waals surface area contributed by atoms with Crippen molar-refractivity contribution >= 4 is 22.7 Å². The highest BCUT2D eigenvalue weighted by Gasteiger charge is 2.19. The van der Waals surface area contributed by atoms with Crippen LogP contribution in [0, 0.1) is 0 Å². The predicted molar refractivity (Wildman–Crippen MR) is 78.0 cm³/mol. The maximum atomic E-state index is 11.5. The first-order valence-corrected chi connectivity index (χ1v) is 6.19. The summed E-state index contributed by atoms with van der Waals surface area (Å²) in [6.07, 6.45) is 3.43. The molecule has 3 aromatic rings. The molecule has 1 aromatic carbocycles. The summed E-state index contributed by atoms with van der Waals surface area (Å²) in [7, 11) is 1.66. The minimum atomic E-state index is -0.997. The van der Waals surface area contributed by atoms with Crippen molar-refractivity contribution in [3.05, 3.63) is 48.3 Å². The van der Waals surface area contributed by atoms with Crippen LogP contribution in [0.25, 0.3) is 22.0 Å². The molecule has 5 heteroatoms. The lowest BCUT2D eigenvalue weighted by molar-refractivity contribution is 0.0698. The molecule has 3 N–H and O–H groups in total. The molecule has 3 rings (SSSR count). The van der Waals surface area contributed by atoms with Gasteiger partial charge in [-0.2, -0.15) is 0 Å². The van der Waals surface area contributed by atoms with Crippen LogP contribution < -0.4 is 5.32 Å². The summed E-state index contributed by atoms with van der Waals surface area (Å²) in [6.45, 7) is 0. The Morgan fingerprint density at radius 2 is 2.05 bits per heavy atom. The van der Waals surface area contributed by atoms with E-state index in [9.17, 15) is 9.90 Å². The summed E-state index contributed by atoms with van der Waals surface area (Å²) in [5, 5.41) is 13.3. The van der Waals surface area contributed by atoms with Gasteiger partial charge in [-0.25, -0.2) is 9.78 Å². The van der Waals surface area contributed by atoms with Crippen molar-refractivity contribution in [1.82, 2.24) is 9.97 Å². The zero-order valence-corrected chi connectivity index (χ0v) is 10.8. The monoisotopic (exact) mass is 267 g/mol. The van der Waals surface area contributed by atoms with E-state index in [-0.39, 0.29) is 5.56 Å². The fraction of sp³-hybridized carbons (Fsp3) is 0.0667. The largest absolute Gasteiger partial charge is 0.478 e. The van der Waals surface area contributed by atoms with E-state index >= 15 is 0 Å². The van der Waals surface area contributed by atoms with Crippen LogP contribution in [0.3, 0.4) is 0 Å². The van der Waals surface area contributed by atoms with E-state index in [1.807, 2.05) is 30.5 Å². The number of fused-ring (bicyclic) bond motifs is 1. The second-order valence-electron chi connectivity index (χ2n) is 4.39. The lowest BCUT2D eigenvalue weighted by Gasteiger charge is -2.09. The zero-order chi connectivity index (χ0) is 14.1. The molecular weight excluding hydrogens is 254 g/mol. The summed E-state index contributed by atoms with van der Waals surface area (Å²) in [5.74, 6) is -0.636. The topological polar surface area (TPSA) is 78.0 Å². The molecule has 2 heterocycles. The average molecular weight is 267 g/mol. The summed E-state index contributed by atoms with van der Waals surface area (Å²) in [4.78, 5) is 18.8. The first-order chi connectivity index (χ1) is 9.72. The minimum absolute atomic E-state index is 0.180. The molecule has 0 atom stereocenters. The normalized spacial score (nSPS) is 10.7. The standard InChI is InChI=1S/C15H13N3O2/c1-16-14-13(15(19)20)10(6-7-17-14)11-8-18-12-5-3-2-4-9(11)12/h2-8,18H,1H3,(H,16,17)(H,19,20).